The summed E-state index contributed by atoms with van der Waals surface area (Å²) in [5, 5.41) is 2.50. The zero-order valence-corrected chi connectivity index (χ0v) is 15.4. The molecule has 4 aromatic rings. The lowest BCUT2D eigenvalue weighted by molar-refractivity contribution is 0.294. The number of unbranched alkanes of at least 4 members (excludes halogenated alkanes) is 1. The van der Waals surface area contributed by atoms with Crippen molar-refractivity contribution in [2.24, 2.45) is 0 Å². The lowest BCUT2D eigenvalue weighted by atomic mass is 10.1. The van der Waals surface area contributed by atoms with E-state index in [9.17, 15) is 0 Å². The molecule has 0 aliphatic rings. The van der Waals surface area contributed by atoms with Gasteiger partial charge in [0.15, 0.2) is 0 Å². The molecule has 26 heavy (non-hydrogen) atoms. The molecule has 2 aromatic heterocycles. The lowest BCUT2D eigenvalue weighted by Gasteiger charge is -2.10. The SMILES string of the molecule is CCCCn1c2ccccc2c2cc(OCc3ccccc3)nc(C)c21. The quantitative estimate of drug-likeness (QED) is 0.437. The van der Waals surface area contributed by atoms with E-state index in [-0.39, 0.29) is 0 Å². The molecule has 3 nitrogen and oxygen atoms in total. The van der Waals surface area contributed by atoms with Crippen LogP contribution in [0.3, 0.4) is 0 Å². The minimum Gasteiger partial charge on any atom is -0.473 e. The van der Waals surface area contributed by atoms with Crippen LogP contribution in [0.4, 0.5) is 0 Å². The van der Waals surface area contributed by atoms with Gasteiger partial charge in [0.2, 0.25) is 5.88 Å². The van der Waals surface area contributed by atoms with Crippen LogP contribution in [0, 0.1) is 6.92 Å². The Hall–Kier alpha value is -2.81. The molecule has 4 rings (SSSR count). The van der Waals surface area contributed by atoms with E-state index in [1.807, 2.05) is 18.2 Å². The van der Waals surface area contributed by atoms with E-state index in [1.54, 1.807) is 0 Å². The van der Waals surface area contributed by atoms with E-state index in [2.05, 4.69) is 60.9 Å². The van der Waals surface area contributed by atoms with Gasteiger partial charge >= 0.3 is 0 Å². The van der Waals surface area contributed by atoms with Crippen LogP contribution in [0.5, 0.6) is 5.88 Å². The van der Waals surface area contributed by atoms with Crippen molar-refractivity contribution in [1.29, 1.82) is 0 Å². The summed E-state index contributed by atoms with van der Waals surface area (Å²) in [6.07, 6.45) is 2.35. The molecule has 0 atom stereocenters. The zero-order valence-electron chi connectivity index (χ0n) is 15.4. The topological polar surface area (TPSA) is 27.1 Å². The Balaban J connectivity index is 1.77. The summed E-state index contributed by atoms with van der Waals surface area (Å²) < 4.78 is 8.41. The number of ether oxygens (including phenoxy) is 1. The third-order valence-electron chi connectivity index (χ3n) is 4.86. The fourth-order valence-corrected chi connectivity index (χ4v) is 3.59. The van der Waals surface area contributed by atoms with Gasteiger partial charge in [0.1, 0.15) is 6.61 Å². The van der Waals surface area contributed by atoms with Crippen LogP contribution in [-0.2, 0) is 13.2 Å². The van der Waals surface area contributed by atoms with E-state index in [0.29, 0.717) is 12.5 Å². The number of hydrogen-bond donors (Lipinski definition) is 0. The van der Waals surface area contributed by atoms with Gasteiger partial charge in [0, 0.05) is 28.9 Å². The third-order valence-corrected chi connectivity index (χ3v) is 4.86. The molecule has 0 saturated carbocycles. The molecular formula is C23H24N2O. The Labute approximate surface area is 154 Å². The van der Waals surface area contributed by atoms with Crippen molar-refractivity contribution in [2.45, 2.75) is 39.8 Å². The van der Waals surface area contributed by atoms with Crippen LogP contribution in [0.2, 0.25) is 0 Å². The smallest absolute Gasteiger partial charge is 0.214 e. The number of benzene rings is 2. The Morgan fingerprint density at radius 2 is 1.73 bits per heavy atom. The molecule has 3 heteroatoms. The highest BCUT2D eigenvalue weighted by Gasteiger charge is 2.14. The molecule has 0 saturated heterocycles. The summed E-state index contributed by atoms with van der Waals surface area (Å²) in [6.45, 7) is 5.87. The van der Waals surface area contributed by atoms with E-state index < -0.39 is 0 Å². The fourth-order valence-electron chi connectivity index (χ4n) is 3.59. The number of aryl methyl sites for hydroxylation is 2. The number of rotatable bonds is 6. The molecule has 0 aliphatic carbocycles. The predicted molar refractivity (Wildman–Crippen MR) is 108 cm³/mol. The van der Waals surface area contributed by atoms with Gasteiger partial charge < -0.3 is 9.30 Å². The summed E-state index contributed by atoms with van der Waals surface area (Å²) in [6, 6.07) is 20.9. The maximum absolute atomic E-state index is 6.00. The van der Waals surface area contributed by atoms with E-state index in [1.165, 1.54) is 34.6 Å². The van der Waals surface area contributed by atoms with E-state index in [4.69, 9.17) is 9.72 Å². The van der Waals surface area contributed by atoms with Gasteiger partial charge in [-0.1, -0.05) is 61.9 Å². The zero-order chi connectivity index (χ0) is 17.9. The van der Waals surface area contributed by atoms with Crippen LogP contribution in [0.15, 0.2) is 60.7 Å². The van der Waals surface area contributed by atoms with Crippen molar-refractivity contribution in [3.05, 3.63) is 71.9 Å². The van der Waals surface area contributed by atoms with Crippen LogP contribution >= 0.6 is 0 Å². The number of hydrogen-bond acceptors (Lipinski definition) is 2. The highest BCUT2D eigenvalue weighted by atomic mass is 16.5. The van der Waals surface area contributed by atoms with Crippen LogP contribution < -0.4 is 4.74 Å². The third kappa shape index (κ3) is 3.05. The van der Waals surface area contributed by atoms with Crippen molar-refractivity contribution in [3.8, 4) is 5.88 Å². The van der Waals surface area contributed by atoms with Gasteiger partial charge in [-0.2, -0.15) is 0 Å². The van der Waals surface area contributed by atoms with Crippen molar-refractivity contribution < 1.29 is 4.74 Å². The second kappa shape index (κ2) is 7.20. The number of para-hydroxylation sites is 1. The van der Waals surface area contributed by atoms with E-state index in [0.717, 1.165) is 17.8 Å². The fraction of sp³-hybridized carbons (Fsp3) is 0.261. The lowest BCUT2D eigenvalue weighted by Crippen LogP contribution is -2.01. The number of aromatic nitrogens is 2. The average molecular weight is 344 g/mol. The molecule has 0 bridgehead atoms. The molecule has 2 heterocycles. The molecule has 0 fully saturated rings. The first-order chi connectivity index (χ1) is 12.8. The van der Waals surface area contributed by atoms with Crippen molar-refractivity contribution in [3.63, 3.8) is 0 Å². The molecule has 0 amide bonds. The summed E-state index contributed by atoms with van der Waals surface area (Å²) >= 11 is 0. The van der Waals surface area contributed by atoms with Gasteiger partial charge in [-0.05, 0) is 25.0 Å². The predicted octanol–water partition coefficient (Wildman–Crippen LogP) is 5.88. The standard InChI is InChI=1S/C23H24N2O/c1-3-4-14-25-21-13-9-8-12-19(21)20-15-22(24-17(2)23(20)25)26-16-18-10-6-5-7-11-18/h5-13,15H,3-4,14,16H2,1-2H3. The minimum absolute atomic E-state index is 0.535. The minimum atomic E-state index is 0.535. The second-order valence-corrected chi connectivity index (χ2v) is 6.74. The van der Waals surface area contributed by atoms with Gasteiger partial charge in [-0.25, -0.2) is 4.98 Å². The Morgan fingerprint density at radius 3 is 2.54 bits per heavy atom. The van der Waals surface area contributed by atoms with Gasteiger partial charge in [0.25, 0.3) is 0 Å². The first kappa shape index (κ1) is 16.6. The molecular weight excluding hydrogens is 320 g/mol. The normalized spacial score (nSPS) is 11.3. The highest BCUT2D eigenvalue weighted by molar-refractivity contribution is 6.09. The Kier molecular flexibility index (Phi) is 4.61. The second-order valence-electron chi connectivity index (χ2n) is 6.74. The maximum atomic E-state index is 6.00. The van der Waals surface area contributed by atoms with Gasteiger partial charge in [-0.3, -0.25) is 0 Å². The van der Waals surface area contributed by atoms with Crippen molar-refractivity contribution >= 4 is 21.8 Å². The molecule has 0 spiro atoms. The average Bonchev–Trinajstić information content (AvgIpc) is 3.00. The molecule has 0 aliphatic heterocycles. The van der Waals surface area contributed by atoms with Gasteiger partial charge in [-0.15, -0.1) is 0 Å². The van der Waals surface area contributed by atoms with Crippen LogP contribution in [-0.4, -0.2) is 9.55 Å². The number of fused-ring (bicyclic) bond motifs is 3. The van der Waals surface area contributed by atoms with Crippen LogP contribution in [0.1, 0.15) is 31.0 Å². The number of nitrogens with zero attached hydrogens (tertiary/aromatic N) is 2. The first-order valence-corrected chi connectivity index (χ1v) is 9.33. The van der Waals surface area contributed by atoms with Crippen molar-refractivity contribution in [2.75, 3.05) is 0 Å². The molecule has 0 N–H and O–H groups in total. The Morgan fingerprint density at radius 1 is 0.962 bits per heavy atom. The summed E-state index contributed by atoms with van der Waals surface area (Å²) in [7, 11) is 0. The first-order valence-electron chi connectivity index (χ1n) is 9.33. The van der Waals surface area contributed by atoms with E-state index >= 15 is 0 Å². The molecule has 0 radical (unpaired) electrons. The number of pyridine rings is 1. The summed E-state index contributed by atoms with van der Waals surface area (Å²) in [5.41, 5.74) is 4.68. The Bertz CT molecular complexity index is 1030. The monoisotopic (exact) mass is 344 g/mol. The maximum Gasteiger partial charge on any atom is 0.214 e. The molecule has 2 aromatic carbocycles. The summed E-state index contributed by atoms with van der Waals surface area (Å²) in [5.74, 6) is 0.692. The highest BCUT2D eigenvalue weighted by Crippen LogP contribution is 2.33. The molecule has 132 valence electrons. The summed E-state index contributed by atoms with van der Waals surface area (Å²) in [4.78, 5) is 4.74. The molecule has 0 unspecified atom stereocenters. The largest absolute Gasteiger partial charge is 0.473 e. The van der Waals surface area contributed by atoms with Gasteiger partial charge in [0.05, 0.1) is 11.2 Å². The van der Waals surface area contributed by atoms with Crippen molar-refractivity contribution in [1.82, 2.24) is 9.55 Å². The van der Waals surface area contributed by atoms with Crippen LogP contribution in [0.25, 0.3) is 21.8 Å².